The molecule has 0 radical (unpaired) electrons. The minimum Gasteiger partial charge on any atom is -0.391 e. The number of nitrogens with two attached hydrogens (primary N) is 1. The van der Waals surface area contributed by atoms with Gasteiger partial charge in [0, 0.05) is 29.3 Å². The number of benzene rings is 2. The van der Waals surface area contributed by atoms with Crippen molar-refractivity contribution in [2.75, 3.05) is 0 Å². The molecule has 1 aliphatic heterocycles. The number of aromatic amines is 1. The summed E-state index contributed by atoms with van der Waals surface area (Å²) in [6, 6.07) is 10.6. The van der Waals surface area contributed by atoms with Gasteiger partial charge in [0.15, 0.2) is 0 Å². The molecule has 0 bridgehead atoms. The van der Waals surface area contributed by atoms with E-state index in [1.165, 1.54) is 4.31 Å². The Labute approximate surface area is 207 Å². The number of hydrogen-bond donors (Lipinski definition) is 2. The quantitative estimate of drug-likeness (QED) is 0.533. The van der Waals surface area contributed by atoms with Gasteiger partial charge in [-0.15, -0.1) is 5.10 Å². The summed E-state index contributed by atoms with van der Waals surface area (Å²) >= 11 is 0. The first kappa shape index (κ1) is 24.8. The molecule has 1 saturated carbocycles. The first-order valence-electron chi connectivity index (χ1n) is 11.8. The van der Waals surface area contributed by atoms with Crippen LogP contribution in [0.5, 0.6) is 0 Å². The summed E-state index contributed by atoms with van der Waals surface area (Å²) in [6.07, 6.45) is 1.44. The zero-order valence-corrected chi connectivity index (χ0v) is 20.8. The van der Waals surface area contributed by atoms with Gasteiger partial charge >= 0.3 is 5.76 Å². The molecule has 8 nitrogen and oxygen atoms in total. The van der Waals surface area contributed by atoms with Crippen molar-refractivity contribution in [3.05, 3.63) is 87.2 Å². The number of sulfonamides is 1. The smallest absolute Gasteiger partial charge is 0.391 e. The van der Waals surface area contributed by atoms with Crippen LogP contribution in [0, 0.1) is 11.6 Å². The van der Waals surface area contributed by atoms with Gasteiger partial charge in [-0.3, -0.25) is 0 Å². The van der Waals surface area contributed by atoms with E-state index < -0.39 is 43.6 Å². The number of nitrogens with zero attached hydrogens (tertiary/aromatic N) is 2. The molecule has 0 unspecified atom stereocenters. The third-order valence-corrected chi connectivity index (χ3v) is 9.80. The largest absolute Gasteiger partial charge is 0.434 e. The average molecular weight is 519 g/mol. The maximum Gasteiger partial charge on any atom is 0.434 e. The third-order valence-electron chi connectivity index (χ3n) is 7.43. The summed E-state index contributed by atoms with van der Waals surface area (Å²) in [4.78, 5) is 11.6. The monoisotopic (exact) mass is 518 g/mol. The normalized spacial score (nSPS) is 30.1. The van der Waals surface area contributed by atoms with Crippen LogP contribution < -0.4 is 11.5 Å². The lowest BCUT2D eigenvalue weighted by molar-refractivity contribution is 0.121. The Hall–Kier alpha value is -2.89. The van der Waals surface area contributed by atoms with Gasteiger partial charge in [0.2, 0.25) is 15.9 Å². The highest BCUT2D eigenvalue weighted by Gasteiger charge is 2.56. The van der Waals surface area contributed by atoms with Crippen molar-refractivity contribution in [3.63, 3.8) is 0 Å². The van der Waals surface area contributed by atoms with Gasteiger partial charge < -0.3 is 10.2 Å². The van der Waals surface area contributed by atoms with Crippen molar-refractivity contribution in [2.24, 2.45) is 5.73 Å². The van der Waals surface area contributed by atoms with Crippen LogP contribution in [-0.4, -0.2) is 34.5 Å². The molecule has 0 amide bonds. The van der Waals surface area contributed by atoms with Crippen molar-refractivity contribution in [1.82, 2.24) is 14.5 Å². The number of rotatable bonds is 5. The van der Waals surface area contributed by atoms with E-state index in [0.717, 1.165) is 12.1 Å². The van der Waals surface area contributed by atoms with Crippen LogP contribution in [-0.2, 0) is 22.0 Å². The second-order valence-electron chi connectivity index (χ2n) is 10.3. The van der Waals surface area contributed by atoms with E-state index in [0.29, 0.717) is 18.4 Å². The molecular weight excluding hydrogens is 490 g/mol. The lowest BCUT2D eigenvalue weighted by Gasteiger charge is -2.51. The molecule has 5 rings (SSSR count). The second-order valence-corrected chi connectivity index (χ2v) is 12.4. The van der Waals surface area contributed by atoms with Gasteiger partial charge in [0.05, 0.1) is 5.41 Å². The van der Waals surface area contributed by atoms with Crippen LogP contribution in [0.25, 0.3) is 0 Å². The van der Waals surface area contributed by atoms with Crippen molar-refractivity contribution in [2.45, 2.75) is 68.3 Å². The lowest BCUT2D eigenvalue weighted by Crippen LogP contribution is -2.59. The molecule has 1 saturated heterocycles. The predicted molar refractivity (Wildman–Crippen MR) is 128 cm³/mol. The molecule has 0 spiro atoms. The lowest BCUT2D eigenvalue weighted by atomic mass is 9.55. The molecule has 2 atom stereocenters. The van der Waals surface area contributed by atoms with Crippen molar-refractivity contribution in [1.29, 1.82) is 0 Å². The first-order chi connectivity index (χ1) is 16.9. The summed E-state index contributed by atoms with van der Waals surface area (Å²) in [5.74, 6) is -2.35. The van der Waals surface area contributed by atoms with Crippen LogP contribution in [0.3, 0.4) is 0 Å². The predicted octanol–water partition coefficient (Wildman–Crippen LogP) is 3.49. The number of hydrogen-bond acceptors (Lipinski definition) is 6. The van der Waals surface area contributed by atoms with E-state index in [1.807, 2.05) is 6.07 Å². The second kappa shape index (κ2) is 8.60. The minimum absolute atomic E-state index is 0.0290. The van der Waals surface area contributed by atoms with E-state index in [1.54, 1.807) is 38.1 Å². The Morgan fingerprint density at radius 3 is 2.47 bits per heavy atom. The SMILES string of the molecule is C[C@H]1CC[C@H](c2ccccc2)S(=O)(=O)N1Cc1cc(F)c(C2(c3n[nH]c(=O)o3)CC(C)(N)C2)cc1F. The van der Waals surface area contributed by atoms with Crippen molar-refractivity contribution in [3.8, 4) is 0 Å². The summed E-state index contributed by atoms with van der Waals surface area (Å²) in [5.41, 5.74) is 4.87. The number of nitrogens with one attached hydrogen (secondary N) is 1. The van der Waals surface area contributed by atoms with Crippen LogP contribution in [0.4, 0.5) is 8.78 Å². The Kier molecular flexibility index (Phi) is 5.92. The highest BCUT2D eigenvalue weighted by molar-refractivity contribution is 7.89. The van der Waals surface area contributed by atoms with Crippen molar-refractivity contribution >= 4 is 10.0 Å². The van der Waals surface area contributed by atoms with Gasteiger partial charge in [0.25, 0.3) is 0 Å². The molecule has 1 aliphatic carbocycles. The topological polar surface area (TPSA) is 122 Å². The highest BCUT2D eigenvalue weighted by atomic mass is 32.2. The molecule has 2 aromatic carbocycles. The fourth-order valence-electron chi connectivity index (χ4n) is 5.81. The van der Waals surface area contributed by atoms with Crippen LogP contribution in [0.15, 0.2) is 51.7 Å². The molecule has 2 heterocycles. The van der Waals surface area contributed by atoms with E-state index in [9.17, 15) is 13.2 Å². The number of halogens is 2. The highest BCUT2D eigenvalue weighted by Crippen LogP contribution is 2.53. The zero-order chi connectivity index (χ0) is 25.9. The van der Waals surface area contributed by atoms with Crippen LogP contribution in [0.2, 0.25) is 0 Å². The van der Waals surface area contributed by atoms with Gasteiger partial charge in [-0.05, 0) is 57.2 Å². The zero-order valence-electron chi connectivity index (χ0n) is 20.0. The van der Waals surface area contributed by atoms with E-state index >= 15 is 8.78 Å². The molecule has 36 heavy (non-hydrogen) atoms. The minimum atomic E-state index is -3.82. The Morgan fingerprint density at radius 1 is 1.17 bits per heavy atom. The average Bonchev–Trinajstić information content (AvgIpc) is 3.23. The Morgan fingerprint density at radius 2 is 1.86 bits per heavy atom. The first-order valence-corrected chi connectivity index (χ1v) is 13.3. The standard InChI is InChI=1S/C25H28F2N4O4S/c1-15-8-9-21(16-6-4-3-5-7-16)36(33,34)31(15)12-17-10-20(27)18(11-19(17)26)25(13-24(2,28)14-25)22-29-30-23(32)35-22/h3-7,10-11,15,21H,8-9,12-14,28H2,1-2H3,(H,30,32)/t15-,21+,24?,25?/m0/s1. The maximum atomic E-state index is 15.5. The Bertz CT molecular complexity index is 1440. The van der Waals surface area contributed by atoms with Gasteiger partial charge in [-0.25, -0.2) is 27.1 Å². The van der Waals surface area contributed by atoms with Gasteiger partial charge in [-0.2, -0.15) is 4.31 Å². The van der Waals surface area contributed by atoms with E-state index in [-0.39, 0.29) is 42.4 Å². The van der Waals surface area contributed by atoms with Crippen molar-refractivity contribution < 1.29 is 21.6 Å². The summed E-state index contributed by atoms with van der Waals surface area (Å²) in [7, 11) is -3.82. The summed E-state index contributed by atoms with van der Waals surface area (Å²) < 4.78 is 64.4. The Balaban J connectivity index is 1.49. The fraction of sp³-hybridized carbons (Fsp3) is 0.440. The molecule has 2 aliphatic rings. The number of aromatic nitrogens is 2. The molecule has 2 fully saturated rings. The fourth-order valence-corrected chi connectivity index (χ4v) is 8.00. The maximum absolute atomic E-state index is 15.5. The molecule has 3 N–H and O–H groups in total. The molecule has 3 aromatic rings. The van der Waals surface area contributed by atoms with Crippen LogP contribution in [0.1, 0.15) is 67.4 Å². The molecule has 1 aromatic heterocycles. The molecule has 192 valence electrons. The summed E-state index contributed by atoms with van der Waals surface area (Å²) in [6.45, 7) is 3.24. The summed E-state index contributed by atoms with van der Waals surface area (Å²) in [5, 5.41) is 5.29. The molecule has 11 heteroatoms. The number of H-pyrrole nitrogens is 1. The molecular formula is C25H28F2N4O4S. The van der Waals surface area contributed by atoms with Gasteiger partial charge in [-0.1, -0.05) is 30.3 Å². The van der Waals surface area contributed by atoms with E-state index in [2.05, 4.69) is 10.2 Å². The van der Waals surface area contributed by atoms with Gasteiger partial charge in [0.1, 0.15) is 16.9 Å². The van der Waals surface area contributed by atoms with E-state index in [4.69, 9.17) is 10.2 Å². The third kappa shape index (κ3) is 4.08. The van der Waals surface area contributed by atoms with Crippen LogP contribution >= 0.6 is 0 Å².